The summed E-state index contributed by atoms with van der Waals surface area (Å²) in [5.41, 5.74) is 0. The minimum Gasteiger partial charge on any atom is -0.396 e. The molecule has 0 aromatic carbocycles. The van der Waals surface area contributed by atoms with Gasteiger partial charge in [0.1, 0.15) is 0 Å². The van der Waals surface area contributed by atoms with Gasteiger partial charge < -0.3 is 19.7 Å². The number of rotatable bonds is 15. The largest absolute Gasteiger partial charge is 0.400 e. The third kappa shape index (κ3) is 11.9. The maximum absolute atomic E-state index is 11.8. The zero-order valence-corrected chi connectivity index (χ0v) is 16.1. The highest BCUT2D eigenvalue weighted by molar-refractivity contribution is 5.71. The molecule has 1 atom stereocenters. The Morgan fingerprint density at radius 1 is 0.800 bits per heavy atom. The second kappa shape index (κ2) is 14.1. The molecule has 148 valence electrons. The van der Waals surface area contributed by atoms with E-state index in [1.807, 2.05) is 0 Å². The molecular formula is C19H36O6. The van der Waals surface area contributed by atoms with Crippen molar-refractivity contribution >= 4 is 11.9 Å². The van der Waals surface area contributed by atoms with E-state index in [1.54, 1.807) is 0 Å². The van der Waals surface area contributed by atoms with Gasteiger partial charge in [-0.1, -0.05) is 65.2 Å². The lowest BCUT2D eigenvalue weighted by atomic mass is 10.1. The Kier molecular flexibility index (Phi) is 13.4. The second-order valence-corrected chi connectivity index (χ2v) is 6.58. The number of hydrogen-bond acceptors (Lipinski definition) is 6. The Bertz CT molecular complexity index is 339. The molecule has 0 heterocycles. The van der Waals surface area contributed by atoms with Crippen molar-refractivity contribution < 1.29 is 29.3 Å². The quantitative estimate of drug-likeness (QED) is 0.262. The van der Waals surface area contributed by atoms with Crippen molar-refractivity contribution in [3.05, 3.63) is 0 Å². The van der Waals surface area contributed by atoms with Gasteiger partial charge in [0, 0.05) is 12.8 Å². The van der Waals surface area contributed by atoms with Crippen LogP contribution in [-0.4, -0.2) is 34.2 Å². The monoisotopic (exact) mass is 360 g/mol. The Hall–Kier alpha value is -1.14. The molecule has 1 unspecified atom stereocenters. The summed E-state index contributed by atoms with van der Waals surface area (Å²) in [6, 6.07) is 0. The molecule has 0 saturated heterocycles. The van der Waals surface area contributed by atoms with Crippen LogP contribution in [0, 0.1) is 0 Å². The first kappa shape index (κ1) is 23.9. The fourth-order valence-electron chi connectivity index (χ4n) is 2.37. The van der Waals surface area contributed by atoms with E-state index < -0.39 is 24.0 Å². The van der Waals surface area contributed by atoms with Crippen LogP contribution in [0.25, 0.3) is 0 Å². The van der Waals surface area contributed by atoms with Gasteiger partial charge in [-0.05, 0) is 19.8 Å². The average molecular weight is 360 g/mol. The van der Waals surface area contributed by atoms with Crippen LogP contribution in [-0.2, 0) is 19.1 Å². The number of aliphatic hydroxyl groups is 2. The van der Waals surface area contributed by atoms with E-state index in [1.165, 1.54) is 6.92 Å². The molecule has 0 aliphatic rings. The lowest BCUT2D eigenvalue weighted by molar-refractivity contribution is -0.358. The zero-order valence-electron chi connectivity index (χ0n) is 16.1. The second-order valence-electron chi connectivity index (χ2n) is 6.58. The Balaban J connectivity index is 4.24. The van der Waals surface area contributed by atoms with E-state index in [2.05, 4.69) is 13.8 Å². The number of unbranched alkanes of at least 4 members (excludes halogenated alkanes) is 8. The number of esters is 2. The molecule has 2 N–H and O–H groups in total. The SMILES string of the molecule is CCCCCCCC(=O)OC(O)(OC(=O)CCCCCCC)C(C)O. The first-order valence-corrected chi connectivity index (χ1v) is 9.69. The van der Waals surface area contributed by atoms with E-state index in [0.717, 1.165) is 51.4 Å². The van der Waals surface area contributed by atoms with Crippen molar-refractivity contribution in [2.24, 2.45) is 0 Å². The summed E-state index contributed by atoms with van der Waals surface area (Å²) < 4.78 is 9.69. The highest BCUT2D eigenvalue weighted by Crippen LogP contribution is 2.19. The third-order valence-electron chi connectivity index (χ3n) is 4.02. The zero-order chi connectivity index (χ0) is 19.1. The topological polar surface area (TPSA) is 93.1 Å². The Morgan fingerprint density at radius 2 is 1.16 bits per heavy atom. The molecule has 0 amide bonds. The Labute approximate surface area is 151 Å². The molecule has 0 radical (unpaired) electrons. The smallest absolute Gasteiger partial charge is 0.396 e. The third-order valence-corrected chi connectivity index (χ3v) is 4.02. The predicted octanol–water partition coefficient (Wildman–Crippen LogP) is 3.82. The molecular weight excluding hydrogens is 324 g/mol. The van der Waals surface area contributed by atoms with Gasteiger partial charge in [0.05, 0.1) is 0 Å². The number of carbonyl (C=O) groups excluding carboxylic acids is 2. The van der Waals surface area contributed by atoms with Gasteiger partial charge in [-0.2, -0.15) is 0 Å². The van der Waals surface area contributed by atoms with Crippen LogP contribution in [0.2, 0.25) is 0 Å². The molecule has 0 aliphatic carbocycles. The highest BCUT2D eigenvalue weighted by atomic mass is 16.8. The van der Waals surface area contributed by atoms with E-state index >= 15 is 0 Å². The van der Waals surface area contributed by atoms with Crippen molar-refractivity contribution in [2.45, 2.75) is 110 Å². The number of ether oxygens (including phenoxy) is 2. The van der Waals surface area contributed by atoms with E-state index in [4.69, 9.17) is 9.47 Å². The summed E-state index contributed by atoms with van der Waals surface area (Å²) >= 11 is 0. The lowest BCUT2D eigenvalue weighted by Gasteiger charge is -2.29. The van der Waals surface area contributed by atoms with Crippen LogP contribution in [0.15, 0.2) is 0 Å². The minimum absolute atomic E-state index is 0.118. The summed E-state index contributed by atoms with van der Waals surface area (Å²) in [4.78, 5) is 23.6. The van der Waals surface area contributed by atoms with Crippen LogP contribution < -0.4 is 0 Å². The van der Waals surface area contributed by atoms with E-state index in [9.17, 15) is 19.8 Å². The van der Waals surface area contributed by atoms with Gasteiger partial charge in [0.2, 0.25) is 0 Å². The molecule has 0 aromatic rings. The van der Waals surface area contributed by atoms with Crippen molar-refractivity contribution in [2.75, 3.05) is 0 Å². The van der Waals surface area contributed by atoms with Crippen molar-refractivity contribution in [1.29, 1.82) is 0 Å². The maximum Gasteiger partial charge on any atom is 0.400 e. The fourth-order valence-corrected chi connectivity index (χ4v) is 2.37. The van der Waals surface area contributed by atoms with Crippen LogP contribution in [0.3, 0.4) is 0 Å². The first-order chi connectivity index (χ1) is 11.9. The van der Waals surface area contributed by atoms with Gasteiger partial charge >= 0.3 is 17.9 Å². The van der Waals surface area contributed by atoms with Crippen molar-refractivity contribution in [3.8, 4) is 0 Å². The fraction of sp³-hybridized carbons (Fsp3) is 0.895. The molecule has 0 bridgehead atoms. The Morgan fingerprint density at radius 3 is 1.48 bits per heavy atom. The van der Waals surface area contributed by atoms with Gasteiger partial charge in [-0.3, -0.25) is 9.59 Å². The van der Waals surface area contributed by atoms with Crippen LogP contribution in [0.1, 0.15) is 97.8 Å². The lowest BCUT2D eigenvalue weighted by Crippen LogP contribution is -2.48. The summed E-state index contributed by atoms with van der Waals surface area (Å²) in [6.07, 6.45) is 8.31. The molecule has 6 heteroatoms. The summed E-state index contributed by atoms with van der Waals surface area (Å²) in [5, 5.41) is 19.8. The predicted molar refractivity (Wildman–Crippen MR) is 95.6 cm³/mol. The maximum atomic E-state index is 11.8. The first-order valence-electron chi connectivity index (χ1n) is 9.69. The van der Waals surface area contributed by atoms with Gasteiger partial charge in [-0.15, -0.1) is 0 Å². The molecule has 0 saturated carbocycles. The minimum atomic E-state index is -2.61. The molecule has 0 rings (SSSR count). The summed E-state index contributed by atoms with van der Waals surface area (Å²) in [5.74, 6) is -3.98. The average Bonchev–Trinajstić information content (AvgIpc) is 2.54. The number of aliphatic hydroxyl groups excluding tert-OH is 1. The van der Waals surface area contributed by atoms with E-state index in [-0.39, 0.29) is 12.8 Å². The number of hydrogen-bond donors (Lipinski definition) is 2. The molecule has 0 aromatic heterocycles. The molecule has 25 heavy (non-hydrogen) atoms. The molecule has 0 aliphatic heterocycles. The van der Waals surface area contributed by atoms with Gasteiger partial charge in [-0.25, -0.2) is 0 Å². The number of carbonyl (C=O) groups is 2. The molecule has 0 fully saturated rings. The van der Waals surface area contributed by atoms with Crippen LogP contribution in [0.5, 0.6) is 0 Å². The van der Waals surface area contributed by atoms with Gasteiger partial charge in [0.25, 0.3) is 0 Å². The molecule has 0 spiro atoms. The highest BCUT2D eigenvalue weighted by Gasteiger charge is 2.41. The molecule has 6 nitrogen and oxygen atoms in total. The normalized spacial score (nSPS) is 12.7. The van der Waals surface area contributed by atoms with Crippen molar-refractivity contribution in [1.82, 2.24) is 0 Å². The van der Waals surface area contributed by atoms with Crippen LogP contribution >= 0.6 is 0 Å². The summed E-state index contributed by atoms with van der Waals surface area (Å²) in [7, 11) is 0. The van der Waals surface area contributed by atoms with Gasteiger partial charge in [0.15, 0.2) is 6.10 Å². The van der Waals surface area contributed by atoms with E-state index in [0.29, 0.717) is 12.8 Å². The standard InChI is InChI=1S/C19H36O6/c1-4-6-8-10-12-14-17(21)24-19(23,16(3)20)25-18(22)15-13-11-9-7-5-2/h16,20,23H,4-15H2,1-3H3. The van der Waals surface area contributed by atoms with Crippen LogP contribution in [0.4, 0.5) is 0 Å². The summed E-state index contributed by atoms with van der Waals surface area (Å²) in [6.45, 7) is 5.42. The van der Waals surface area contributed by atoms with Crippen molar-refractivity contribution in [3.63, 3.8) is 0 Å².